The van der Waals surface area contributed by atoms with E-state index in [0.29, 0.717) is 5.92 Å². The summed E-state index contributed by atoms with van der Waals surface area (Å²) in [4.78, 5) is 14.9. The lowest BCUT2D eigenvalue weighted by Gasteiger charge is -2.41. The summed E-state index contributed by atoms with van der Waals surface area (Å²) in [5.41, 5.74) is 4.60. The molecule has 5 rings (SSSR count). The summed E-state index contributed by atoms with van der Waals surface area (Å²) in [7, 11) is 1.72. The smallest absolute Gasteiger partial charge is 0.217 e. The van der Waals surface area contributed by atoms with E-state index < -0.39 is 0 Å². The second-order valence-electron chi connectivity index (χ2n) is 9.53. The molecule has 0 aliphatic carbocycles. The van der Waals surface area contributed by atoms with Gasteiger partial charge in [-0.05, 0) is 35.7 Å². The number of para-hydroxylation sites is 1. The molecule has 2 saturated heterocycles. The molecule has 5 nitrogen and oxygen atoms in total. The molecule has 1 amide bonds. The predicted octanol–water partition coefficient (Wildman–Crippen LogP) is 4.40. The number of nitrogens with zero attached hydrogens (tertiary/aromatic N) is 1. The van der Waals surface area contributed by atoms with Crippen LogP contribution in [0.1, 0.15) is 30.5 Å². The van der Waals surface area contributed by atoms with Gasteiger partial charge in [0.2, 0.25) is 5.91 Å². The summed E-state index contributed by atoms with van der Waals surface area (Å²) in [6.07, 6.45) is 1.03. The second-order valence-corrected chi connectivity index (χ2v) is 9.53. The highest BCUT2D eigenvalue weighted by molar-refractivity contribution is 5.74. The summed E-state index contributed by atoms with van der Waals surface area (Å²) in [6.45, 7) is 5.01. The van der Waals surface area contributed by atoms with Crippen LogP contribution in [0.15, 0.2) is 78.9 Å². The number of nitrogens with one attached hydrogen (secondary N) is 2. The van der Waals surface area contributed by atoms with Crippen molar-refractivity contribution in [2.75, 3.05) is 26.7 Å². The first-order valence-corrected chi connectivity index (χ1v) is 12.1. The summed E-state index contributed by atoms with van der Waals surface area (Å²) >= 11 is 0. The van der Waals surface area contributed by atoms with Crippen molar-refractivity contribution >= 4 is 5.91 Å². The molecular formula is C29H33N3O2. The SMILES string of the molecule is COc1ccccc1-c1ccccc1CN1C[C@]2(NC(C)=O)CNCC[C@@H]2[C@H]1c1ccccc1. The molecule has 0 bridgehead atoms. The number of carbonyl (C=O) groups is 1. The molecular weight excluding hydrogens is 422 g/mol. The van der Waals surface area contributed by atoms with E-state index in [0.717, 1.165) is 43.9 Å². The second kappa shape index (κ2) is 9.61. The quantitative estimate of drug-likeness (QED) is 0.578. The molecule has 2 heterocycles. The summed E-state index contributed by atoms with van der Waals surface area (Å²) in [6, 6.07) is 27.8. The Morgan fingerprint density at radius 3 is 2.50 bits per heavy atom. The van der Waals surface area contributed by atoms with E-state index in [1.807, 2.05) is 12.1 Å². The molecule has 0 saturated carbocycles. The minimum Gasteiger partial charge on any atom is -0.496 e. The number of rotatable bonds is 6. The van der Waals surface area contributed by atoms with Gasteiger partial charge in [-0.15, -0.1) is 0 Å². The number of piperidine rings is 1. The van der Waals surface area contributed by atoms with Crippen molar-refractivity contribution in [1.82, 2.24) is 15.5 Å². The van der Waals surface area contributed by atoms with Crippen LogP contribution in [0, 0.1) is 5.92 Å². The molecule has 2 aliphatic rings. The molecule has 0 unspecified atom stereocenters. The number of methoxy groups -OCH3 is 1. The van der Waals surface area contributed by atoms with E-state index in [1.165, 1.54) is 16.7 Å². The van der Waals surface area contributed by atoms with Gasteiger partial charge >= 0.3 is 0 Å². The van der Waals surface area contributed by atoms with Gasteiger partial charge in [0.25, 0.3) is 0 Å². The maximum Gasteiger partial charge on any atom is 0.217 e. The predicted molar refractivity (Wildman–Crippen MR) is 136 cm³/mol. The molecule has 0 spiro atoms. The van der Waals surface area contributed by atoms with Gasteiger partial charge in [0, 0.05) is 44.1 Å². The molecule has 3 aromatic carbocycles. The van der Waals surface area contributed by atoms with Gasteiger partial charge in [-0.3, -0.25) is 9.69 Å². The maximum atomic E-state index is 12.3. The zero-order chi connectivity index (χ0) is 23.5. The van der Waals surface area contributed by atoms with Crippen LogP contribution in [-0.2, 0) is 11.3 Å². The van der Waals surface area contributed by atoms with Gasteiger partial charge < -0.3 is 15.4 Å². The number of benzene rings is 3. The van der Waals surface area contributed by atoms with E-state index in [2.05, 4.69) is 82.3 Å². The number of fused-ring (bicyclic) bond motifs is 1. The van der Waals surface area contributed by atoms with Gasteiger partial charge in [0.15, 0.2) is 0 Å². The van der Waals surface area contributed by atoms with Crippen molar-refractivity contribution in [1.29, 1.82) is 0 Å². The Morgan fingerprint density at radius 2 is 1.74 bits per heavy atom. The number of hydrogen-bond donors (Lipinski definition) is 2. The number of hydrogen-bond acceptors (Lipinski definition) is 4. The first kappa shape index (κ1) is 22.6. The maximum absolute atomic E-state index is 12.3. The third-order valence-corrected chi connectivity index (χ3v) is 7.40. The van der Waals surface area contributed by atoms with Crippen molar-refractivity contribution in [2.24, 2.45) is 5.92 Å². The van der Waals surface area contributed by atoms with E-state index in [4.69, 9.17) is 4.74 Å². The van der Waals surface area contributed by atoms with Crippen LogP contribution >= 0.6 is 0 Å². The van der Waals surface area contributed by atoms with Crippen molar-refractivity contribution < 1.29 is 9.53 Å². The highest BCUT2D eigenvalue weighted by Crippen LogP contribution is 2.47. The first-order chi connectivity index (χ1) is 16.6. The number of amides is 1. The average molecular weight is 456 g/mol. The van der Waals surface area contributed by atoms with E-state index in [1.54, 1.807) is 14.0 Å². The Kier molecular flexibility index (Phi) is 6.40. The Hall–Kier alpha value is -3.15. The van der Waals surface area contributed by atoms with E-state index >= 15 is 0 Å². The van der Waals surface area contributed by atoms with Crippen molar-refractivity contribution in [2.45, 2.75) is 31.5 Å². The fourth-order valence-electron chi connectivity index (χ4n) is 6.11. The Labute approximate surface area is 202 Å². The van der Waals surface area contributed by atoms with E-state index in [-0.39, 0.29) is 17.5 Å². The third-order valence-electron chi connectivity index (χ3n) is 7.40. The van der Waals surface area contributed by atoms with Gasteiger partial charge in [-0.2, -0.15) is 0 Å². The van der Waals surface area contributed by atoms with Crippen LogP contribution in [0.25, 0.3) is 11.1 Å². The standard InChI is InChI=1S/C29H33N3O2/c1-21(33)31-29-19-30-17-16-26(29)28(22-10-4-3-5-11-22)32(20-29)18-23-12-6-7-13-24(23)25-14-8-9-15-27(25)34-2/h3-15,26,28,30H,16-20H2,1-2H3,(H,31,33)/t26-,28-,29-/m1/s1. The van der Waals surface area contributed by atoms with Crippen LogP contribution in [0.5, 0.6) is 5.75 Å². The molecule has 176 valence electrons. The molecule has 2 fully saturated rings. The first-order valence-electron chi connectivity index (χ1n) is 12.1. The van der Waals surface area contributed by atoms with Gasteiger partial charge in [0.05, 0.1) is 12.6 Å². The van der Waals surface area contributed by atoms with Crippen LogP contribution in [-0.4, -0.2) is 43.1 Å². The van der Waals surface area contributed by atoms with Crippen molar-refractivity contribution in [3.63, 3.8) is 0 Å². The molecule has 3 aromatic rings. The number of likely N-dealkylation sites (tertiary alicyclic amines) is 1. The lowest BCUT2D eigenvalue weighted by molar-refractivity contribution is -0.121. The largest absolute Gasteiger partial charge is 0.496 e. The van der Waals surface area contributed by atoms with Gasteiger partial charge in [0.1, 0.15) is 5.75 Å². The molecule has 0 radical (unpaired) electrons. The zero-order valence-electron chi connectivity index (χ0n) is 20.0. The fourth-order valence-corrected chi connectivity index (χ4v) is 6.11. The highest BCUT2D eigenvalue weighted by Gasteiger charge is 2.54. The monoisotopic (exact) mass is 455 g/mol. The van der Waals surface area contributed by atoms with Crippen LogP contribution < -0.4 is 15.4 Å². The van der Waals surface area contributed by atoms with Crippen LogP contribution in [0.4, 0.5) is 0 Å². The highest BCUT2D eigenvalue weighted by atomic mass is 16.5. The Balaban J connectivity index is 1.56. The zero-order valence-corrected chi connectivity index (χ0v) is 20.0. The number of ether oxygens (including phenoxy) is 1. The molecule has 34 heavy (non-hydrogen) atoms. The lowest BCUT2D eigenvalue weighted by Crippen LogP contribution is -2.62. The minimum atomic E-state index is -0.274. The molecule has 2 N–H and O–H groups in total. The fraction of sp³-hybridized carbons (Fsp3) is 0.345. The summed E-state index contributed by atoms with van der Waals surface area (Å²) in [5.74, 6) is 1.26. The van der Waals surface area contributed by atoms with E-state index in [9.17, 15) is 4.79 Å². The molecule has 5 heteroatoms. The van der Waals surface area contributed by atoms with Crippen molar-refractivity contribution in [3.8, 4) is 16.9 Å². The molecule has 3 atom stereocenters. The Bertz CT molecular complexity index is 1150. The summed E-state index contributed by atoms with van der Waals surface area (Å²) < 4.78 is 5.68. The third kappa shape index (κ3) is 4.22. The Morgan fingerprint density at radius 1 is 1.03 bits per heavy atom. The topological polar surface area (TPSA) is 53.6 Å². The lowest BCUT2D eigenvalue weighted by atomic mass is 9.76. The molecule has 2 aliphatic heterocycles. The molecule has 0 aromatic heterocycles. The van der Waals surface area contributed by atoms with Crippen LogP contribution in [0.3, 0.4) is 0 Å². The summed E-state index contributed by atoms with van der Waals surface area (Å²) in [5, 5.41) is 6.93. The number of carbonyl (C=O) groups excluding carboxylic acids is 1. The minimum absolute atomic E-state index is 0.0387. The van der Waals surface area contributed by atoms with Crippen LogP contribution in [0.2, 0.25) is 0 Å². The van der Waals surface area contributed by atoms with Gasteiger partial charge in [-0.1, -0.05) is 72.8 Å². The average Bonchev–Trinajstić information content (AvgIpc) is 3.17. The normalized spacial score (nSPS) is 24.4. The van der Waals surface area contributed by atoms with Gasteiger partial charge in [-0.25, -0.2) is 0 Å². The van der Waals surface area contributed by atoms with Crippen molar-refractivity contribution in [3.05, 3.63) is 90.0 Å².